The minimum Gasteiger partial charge on any atom is -0.354 e. The van der Waals surface area contributed by atoms with Gasteiger partial charge in [-0.05, 0) is 37.2 Å². The molecule has 0 fully saturated rings. The number of anilines is 1. The summed E-state index contributed by atoms with van der Waals surface area (Å²) in [4.78, 5) is 12.0. The standard InChI is InChI=1S/C17H23N5S/c1-3-4-5-9-18-17-21-16-14(15-19-10-20-22(15)17)13-11(2)7-6-8-12(13)23-16/h10-11H,3-9H2,1-2H3,(H,18,21)/t11-/m0/s1. The molecule has 1 N–H and O–H groups in total. The van der Waals surface area contributed by atoms with E-state index in [1.165, 1.54) is 47.9 Å². The molecule has 6 heteroatoms. The highest BCUT2D eigenvalue weighted by Gasteiger charge is 2.25. The first kappa shape index (κ1) is 14.9. The highest BCUT2D eigenvalue weighted by atomic mass is 32.1. The van der Waals surface area contributed by atoms with Crippen LogP contribution in [0.1, 0.15) is 62.3 Å². The lowest BCUT2D eigenvalue weighted by molar-refractivity contribution is 0.602. The van der Waals surface area contributed by atoms with E-state index >= 15 is 0 Å². The number of thiophene rings is 1. The third-order valence-electron chi connectivity index (χ3n) is 4.78. The van der Waals surface area contributed by atoms with Crippen molar-refractivity contribution in [2.45, 2.75) is 58.3 Å². The summed E-state index contributed by atoms with van der Waals surface area (Å²) in [5.74, 6) is 1.42. The van der Waals surface area contributed by atoms with Gasteiger partial charge in [0.2, 0.25) is 5.95 Å². The Morgan fingerprint density at radius 3 is 3.17 bits per heavy atom. The molecule has 0 aromatic carbocycles. The summed E-state index contributed by atoms with van der Waals surface area (Å²) < 4.78 is 1.88. The van der Waals surface area contributed by atoms with Crippen molar-refractivity contribution in [1.82, 2.24) is 19.6 Å². The number of nitrogens with zero attached hydrogens (tertiary/aromatic N) is 4. The Kier molecular flexibility index (Phi) is 3.93. The van der Waals surface area contributed by atoms with E-state index < -0.39 is 0 Å². The van der Waals surface area contributed by atoms with Crippen LogP contribution in [0.4, 0.5) is 5.95 Å². The molecule has 1 atom stereocenters. The van der Waals surface area contributed by atoms with Gasteiger partial charge in [0, 0.05) is 11.4 Å². The van der Waals surface area contributed by atoms with Crippen molar-refractivity contribution < 1.29 is 0 Å². The summed E-state index contributed by atoms with van der Waals surface area (Å²) in [6.45, 7) is 5.48. The van der Waals surface area contributed by atoms with Crippen LogP contribution in [-0.4, -0.2) is 26.1 Å². The first-order chi connectivity index (χ1) is 11.3. The molecule has 0 aliphatic heterocycles. The Balaban J connectivity index is 1.81. The molecule has 4 rings (SSSR count). The lowest BCUT2D eigenvalue weighted by Crippen LogP contribution is -2.09. The molecule has 0 saturated heterocycles. The average molecular weight is 329 g/mol. The van der Waals surface area contributed by atoms with Gasteiger partial charge in [-0.2, -0.15) is 9.61 Å². The zero-order chi connectivity index (χ0) is 15.8. The predicted molar refractivity (Wildman–Crippen MR) is 95.5 cm³/mol. The van der Waals surface area contributed by atoms with Crippen molar-refractivity contribution in [2.24, 2.45) is 0 Å². The number of nitrogens with one attached hydrogen (secondary N) is 1. The summed E-state index contributed by atoms with van der Waals surface area (Å²) in [6.07, 6.45) is 8.99. The second-order valence-electron chi connectivity index (χ2n) is 6.48. The van der Waals surface area contributed by atoms with Gasteiger partial charge in [-0.25, -0.2) is 9.97 Å². The Hall–Kier alpha value is -1.69. The van der Waals surface area contributed by atoms with E-state index in [9.17, 15) is 0 Å². The lowest BCUT2D eigenvalue weighted by atomic mass is 9.87. The smallest absolute Gasteiger partial charge is 0.227 e. The van der Waals surface area contributed by atoms with Gasteiger partial charge < -0.3 is 5.32 Å². The molecule has 122 valence electrons. The van der Waals surface area contributed by atoms with Crippen LogP contribution < -0.4 is 5.32 Å². The van der Waals surface area contributed by atoms with Gasteiger partial charge in [0.05, 0.1) is 5.39 Å². The summed E-state index contributed by atoms with van der Waals surface area (Å²) >= 11 is 1.85. The Morgan fingerprint density at radius 2 is 2.30 bits per heavy atom. The molecule has 5 nitrogen and oxygen atoms in total. The molecule has 23 heavy (non-hydrogen) atoms. The van der Waals surface area contributed by atoms with E-state index in [0.717, 1.165) is 29.4 Å². The van der Waals surface area contributed by atoms with E-state index in [1.54, 1.807) is 6.33 Å². The molecule has 1 aliphatic carbocycles. The van der Waals surface area contributed by atoms with Gasteiger partial charge in [-0.3, -0.25) is 0 Å². The Bertz CT molecular complexity index is 834. The van der Waals surface area contributed by atoms with Crippen LogP contribution in [0.15, 0.2) is 6.33 Å². The fourth-order valence-electron chi connectivity index (χ4n) is 3.59. The van der Waals surface area contributed by atoms with Crippen LogP contribution in [0, 0.1) is 0 Å². The number of fused-ring (bicyclic) bond motifs is 5. The van der Waals surface area contributed by atoms with Crippen molar-refractivity contribution in [1.29, 1.82) is 0 Å². The van der Waals surface area contributed by atoms with Crippen LogP contribution in [-0.2, 0) is 6.42 Å². The average Bonchev–Trinajstić information content (AvgIpc) is 3.15. The monoisotopic (exact) mass is 329 g/mol. The second-order valence-corrected chi connectivity index (χ2v) is 7.56. The molecule has 0 bridgehead atoms. The van der Waals surface area contributed by atoms with Crippen molar-refractivity contribution in [3.63, 3.8) is 0 Å². The fourth-order valence-corrected chi connectivity index (χ4v) is 4.92. The first-order valence-corrected chi connectivity index (χ1v) is 9.50. The minimum atomic E-state index is 0.596. The van der Waals surface area contributed by atoms with Crippen molar-refractivity contribution in [3.8, 4) is 0 Å². The van der Waals surface area contributed by atoms with Crippen LogP contribution in [0.5, 0.6) is 0 Å². The van der Waals surface area contributed by atoms with Crippen LogP contribution in [0.2, 0.25) is 0 Å². The van der Waals surface area contributed by atoms with Gasteiger partial charge in [0.25, 0.3) is 0 Å². The molecule has 0 saturated carbocycles. The van der Waals surface area contributed by atoms with Crippen LogP contribution in [0.25, 0.3) is 15.9 Å². The van der Waals surface area contributed by atoms with Crippen LogP contribution >= 0.6 is 11.3 Å². The number of aryl methyl sites for hydroxylation is 1. The molecule has 0 radical (unpaired) electrons. The van der Waals surface area contributed by atoms with Gasteiger partial charge in [0.1, 0.15) is 11.2 Å². The second kappa shape index (κ2) is 6.07. The summed E-state index contributed by atoms with van der Waals surface area (Å²) in [7, 11) is 0. The van der Waals surface area contributed by atoms with Crippen LogP contribution in [0.3, 0.4) is 0 Å². The SMILES string of the molecule is CCCCCNc1nc2sc3c(c2c2ncnn12)[C@@H](C)CCC3. The zero-order valence-electron chi connectivity index (χ0n) is 13.8. The van der Waals surface area contributed by atoms with Gasteiger partial charge >= 0.3 is 0 Å². The summed E-state index contributed by atoms with van der Waals surface area (Å²) in [5.41, 5.74) is 2.43. The number of aromatic nitrogens is 4. The molecule has 3 aromatic rings. The molecular formula is C17H23N5S. The maximum atomic E-state index is 4.88. The predicted octanol–water partition coefficient (Wildman–Crippen LogP) is 4.38. The van der Waals surface area contributed by atoms with Crippen molar-refractivity contribution >= 4 is 33.1 Å². The van der Waals surface area contributed by atoms with E-state index in [-0.39, 0.29) is 0 Å². The molecule has 0 amide bonds. The number of hydrogen-bond acceptors (Lipinski definition) is 5. The summed E-state index contributed by atoms with van der Waals surface area (Å²) in [5, 5.41) is 9.09. The molecule has 3 aromatic heterocycles. The van der Waals surface area contributed by atoms with E-state index in [4.69, 9.17) is 4.98 Å². The van der Waals surface area contributed by atoms with Gasteiger partial charge in [-0.15, -0.1) is 11.3 Å². The number of rotatable bonds is 5. The molecule has 3 heterocycles. The van der Waals surface area contributed by atoms with E-state index in [2.05, 4.69) is 29.2 Å². The quantitative estimate of drug-likeness (QED) is 0.706. The number of unbranched alkanes of at least 4 members (excludes halogenated alkanes) is 2. The fraction of sp³-hybridized carbons (Fsp3) is 0.588. The number of hydrogen-bond donors (Lipinski definition) is 1. The lowest BCUT2D eigenvalue weighted by Gasteiger charge is -2.18. The first-order valence-electron chi connectivity index (χ1n) is 8.68. The summed E-state index contributed by atoms with van der Waals surface area (Å²) in [6, 6.07) is 0. The third-order valence-corrected chi connectivity index (χ3v) is 5.94. The molecule has 0 spiro atoms. The van der Waals surface area contributed by atoms with Crippen molar-refractivity contribution in [2.75, 3.05) is 11.9 Å². The van der Waals surface area contributed by atoms with Crippen molar-refractivity contribution in [3.05, 3.63) is 16.8 Å². The maximum absolute atomic E-state index is 4.88. The van der Waals surface area contributed by atoms with E-state index in [0.29, 0.717) is 5.92 Å². The van der Waals surface area contributed by atoms with E-state index in [1.807, 2.05) is 15.9 Å². The normalized spacial score (nSPS) is 17.7. The topological polar surface area (TPSA) is 55.1 Å². The minimum absolute atomic E-state index is 0.596. The van der Waals surface area contributed by atoms with Gasteiger partial charge in [0.15, 0.2) is 5.65 Å². The maximum Gasteiger partial charge on any atom is 0.227 e. The Morgan fingerprint density at radius 1 is 1.39 bits per heavy atom. The highest BCUT2D eigenvalue weighted by molar-refractivity contribution is 7.19. The highest BCUT2D eigenvalue weighted by Crippen LogP contribution is 2.43. The molecule has 0 unspecified atom stereocenters. The molecule has 1 aliphatic rings. The third kappa shape index (κ3) is 2.49. The van der Waals surface area contributed by atoms with Gasteiger partial charge in [-0.1, -0.05) is 26.7 Å². The Labute approximate surface area is 140 Å². The zero-order valence-corrected chi connectivity index (χ0v) is 14.6. The largest absolute Gasteiger partial charge is 0.354 e. The molecular weight excluding hydrogens is 306 g/mol.